The van der Waals surface area contributed by atoms with Crippen LogP contribution in [0.3, 0.4) is 0 Å². The zero-order valence-corrected chi connectivity index (χ0v) is 13.1. The van der Waals surface area contributed by atoms with Crippen LogP contribution in [0.25, 0.3) is 0 Å². The molecule has 3 aromatic rings. The average molecular weight is 320 g/mol. The van der Waals surface area contributed by atoms with E-state index in [9.17, 15) is 4.79 Å². The van der Waals surface area contributed by atoms with Crippen molar-refractivity contribution < 1.29 is 4.79 Å². The van der Waals surface area contributed by atoms with Crippen LogP contribution in [0.2, 0.25) is 5.02 Å². The van der Waals surface area contributed by atoms with Gasteiger partial charge >= 0.3 is 0 Å². The molecule has 0 aliphatic carbocycles. The SMILES string of the molecule is O=C(N=C(c1ccccc1)c1ccccc1)c1ccccc1Cl. The quantitative estimate of drug-likeness (QED) is 0.623. The van der Waals surface area contributed by atoms with Crippen molar-refractivity contribution in [1.29, 1.82) is 0 Å². The number of hydrogen-bond acceptors (Lipinski definition) is 1. The van der Waals surface area contributed by atoms with E-state index in [1.165, 1.54) is 0 Å². The van der Waals surface area contributed by atoms with Crippen LogP contribution < -0.4 is 0 Å². The third-order valence-electron chi connectivity index (χ3n) is 3.41. The van der Waals surface area contributed by atoms with Gasteiger partial charge in [0.05, 0.1) is 16.3 Å². The molecule has 2 nitrogen and oxygen atoms in total. The molecule has 0 saturated heterocycles. The second-order valence-corrected chi connectivity index (χ2v) is 5.38. The number of carbonyl (C=O) groups excluding carboxylic acids is 1. The molecule has 0 atom stereocenters. The number of hydrogen-bond donors (Lipinski definition) is 0. The summed E-state index contributed by atoms with van der Waals surface area (Å²) in [6.07, 6.45) is 0. The smallest absolute Gasteiger partial charge is 0.267 e. The van der Waals surface area contributed by atoms with Gasteiger partial charge in [-0.25, -0.2) is 4.99 Å². The van der Waals surface area contributed by atoms with Crippen LogP contribution >= 0.6 is 11.6 Å². The van der Waals surface area contributed by atoms with E-state index in [1.807, 2.05) is 60.7 Å². The van der Waals surface area contributed by atoms with Gasteiger partial charge in [0.1, 0.15) is 0 Å². The van der Waals surface area contributed by atoms with Gasteiger partial charge in [-0.05, 0) is 12.1 Å². The first-order valence-corrected chi connectivity index (χ1v) is 7.62. The van der Waals surface area contributed by atoms with Crippen LogP contribution in [-0.4, -0.2) is 11.6 Å². The minimum atomic E-state index is -0.349. The van der Waals surface area contributed by atoms with Gasteiger partial charge < -0.3 is 0 Å². The van der Waals surface area contributed by atoms with Crippen molar-refractivity contribution in [3.05, 3.63) is 107 Å². The molecule has 0 saturated carbocycles. The number of rotatable bonds is 3. The lowest BCUT2D eigenvalue weighted by Gasteiger charge is -2.07. The van der Waals surface area contributed by atoms with Gasteiger partial charge in [0, 0.05) is 11.1 Å². The number of carbonyl (C=O) groups is 1. The Labute approximate surface area is 140 Å². The molecular formula is C20H14ClNO. The van der Waals surface area contributed by atoms with Gasteiger partial charge in [-0.3, -0.25) is 4.79 Å². The molecule has 0 bridgehead atoms. The Morgan fingerprint density at radius 1 is 0.696 bits per heavy atom. The number of nitrogens with zero attached hydrogens (tertiary/aromatic N) is 1. The van der Waals surface area contributed by atoms with Gasteiger partial charge in [-0.1, -0.05) is 84.4 Å². The lowest BCUT2D eigenvalue weighted by atomic mass is 10.0. The van der Waals surface area contributed by atoms with E-state index in [0.29, 0.717) is 16.3 Å². The van der Waals surface area contributed by atoms with E-state index in [-0.39, 0.29) is 5.91 Å². The minimum Gasteiger partial charge on any atom is -0.267 e. The Hall–Kier alpha value is -2.71. The maximum Gasteiger partial charge on any atom is 0.279 e. The molecule has 0 aliphatic rings. The fourth-order valence-electron chi connectivity index (χ4n) is 2.28. The highest BCUT2D eigenvalue weighted by molar-refractivity contribution is 6.34. The summed E-state index contributed by atoms with van der Waals surface area (Å²) < 4.78 is 0. The van der Waals surface area contributed by atoms with Crippen molar-refractivity contribution in [2.75, 3.05) is 0 Å². The van der Waals surface area contributed by atoms with Crippen molar-refractivity contribution in [2.24, 2.45) is 4.99 Å². The van der Waals surface area contributed by atoms with E-state index in [2.05, 4.69) is 4.99 Å². The largest absolute Gasteiger partial charge is 0.279 e. The van der Waals surface area contributed by atoms with Crippen molar-refractivity contribution in [3.8, 4) is 0 Å². The summed E-state index contributed by atoms with van der Waals surface area (Å²) in [4.78, 5) is 16.9. The van der Waals surface area contributed by atoms with Crippen molar-refractivity contribution >= 4 is 23.2 Å². The molecule has 0 spiro atoms. The van der Waals surface area contributed by atoms with Crippen molar-refractivity contribution in [2.45, 2.75) is 0 Å². The molecule has 0 aliphatic heterocycles. The van der Waals surface area contributed by atoms with Crippen molar-refractivity contribution in [1.82, 2.24) is 0 Å². The fraction of sp³-hybridized carbons (Fsp3) is 0. The molecule has 112 valence electrons. The summed E-state index contributed by atoms with van der Waals surface area (Å²) in [5.41, 5.74) is 2.81. The normalized spacial score (nSPS) is 10.1. The van der Waals surface area contributed by atoms with E-state index >= 15 is 0 Å². The first-order valence-electron chi connectivity index (χ1n) is 7.24. The monoisotopic (exact) mass is 319 g/mol. The predicted octanol–water partition coefficient (Wildman–Crippen LogP) is 5.02. The lowest BCUT2D eigenvalue weighted by molar-refractivity contribution is 0.100. The Bertz CT molecular complexity index is 800. The molecule has 3 aromatic carbocycles. The molecule has 0 heterocycles. The Kier molecular flexibility index (Phi) is 4.65. The molecule has 0 fully saturated rings. The van der Waals surface area contributed by atoms with Crippen LogP contribution in [0.1, 0.15) is 21.5 Å². The maximum absolute atomic E-state index is 12.6. The lowest BCUT2D eigenvalue weighted by Crippen LogP contribution is -2.08. The minimum absolute atomic E-state index is 0.349. The van der Waals surface area contributed by atoms with E-state index < -0.39 is 0 Å². The van der Waals surface area contributed by atoms with Crippen LogP contribution in [0.4, 0.5) is 0 Å². The number of halogens is 1. The van der Waals surface area contributed by atoms with Gasteiger partial charge in [-0.2, -0.15) is 0 Å². The van der Waals surface area contributed by atoms with Crippen LogP contribution in [0, 0.1) is 0 Å². The maximum atomic E-state index is 12.6. The first kappa shape index (κ1) is 15.2. The van der Waals surface area contributed by atoms with Crippen molar-refractivity contribution in [3.63, 3.8) is 0 Å². The third kappa shape index (κ3) is 3.55. The van der Waals surface area contributed by atoms with Crippen LogP contribution in [-0.2, 0) is 0 Å². The molecule has 3 rings (SSSR count). The van der Waals surface area contributed by atoms with E-state index in [1.54, 1.807) is 24.3 Å². The van der Waals surface area contributed by atoms with Gasteiger partial charge in [0.2, 0.25) is 0 Å². The molecule has 0 N–H and O–H groups in total. The highest BCUT2D eigenvalue weighted by atomic mass is 35.5. The number of benzene rings is 3. The molecular weight excluding hydrogens is 306 g/mol. The topological polar surface area (TPSA) is 29.4 Å². The highest BCUT2D eigenvalue weighted by Crippen LogP contribution is 2.18. The van der Waals surface area contributed by atoms with E-state index in [4.69, 9.17) is 11.6 Å². The van der Waals surface area contributed by atoms with Gasteiger partial charge in [0.15, 0.2) is 0 Å². The molecule has 3 heteroatoms. The third-order valence-corrected chi connectivity index (χ3v) is 3.74. The zero-order valence-electron chi connectivity index (χ0n) is 12.3. The predicted molar refractivity (Wildman–Crippen MR) is 94.3 cm³/mol. The summed E-state index contributed by atoms with van der Waals surface area (Å²) in [5.74, 6) is -0.349. The summed E-state index contributed by atoms with van der Waals surface area (Å²) in [7, 11) is 0. The van der Waals surface area contributed by atoms with Gasteiger partial charge in [0.25, 0.3) is 5.91 Å². The number of amides is 1. The summed E-state index contributed by atoms with van der Waals surface area (Å²) in [6, 6.07) is 26.2. The highest BCUT2D eigenvalue weighted by Gasteiger charge is 2.13. The summed E-state index contributed by atoms with van der Waals surface area (Å²) >= 11 is 6.10. The Morgan fingerprint density at radius 2 is 1.17 bits per heavy atom. The Morgan fingerprint density at radius 3 is 1.70 bits per heavy atom. The van der Waals surface area contributed by atoms with Crippen LogP contribution in [0.15, 0.2) is 89.9 Å². The fourth-order valence-corrected chi connectivity index (χ4v) is 2.50. The van der Waals surface area contributed by atoms with Gasteiger partial charge in [-0.15, -0.1) is 0 Å². The Balaban J connectivity index is 2.09. The van der Waals surface area contributed by atoms with E-state index in [0.717, 1.165) is 11.1 Å². The average Bonchev–Trinajstić information content (AvgIpc) is 2.61. The molecule has 1 amide bonds. The molecule has 0 radical (unpaired) electrons. The molecule has 23 heavy (non-hydrogen) atoms. The summed E-state index contributed by atoms with van der Waals surface area (Å²) in [6.45, 7) is 0. The van der Waals surface area contributed by atoms with Crippen LogP contribution in [0.5, 0.6) is 0 Å². The molecule has 0 aromatic heterocycles. The molecule has 0 unspecified atom stereocenters. The number of aliphatic imine (C=N–C) groups is 1. The standard InChI is InChI=1S/C20H14ClNO/c21-18-14-8-7-13-17(18)20(23)22-19(15-9-3-1-4-10-15)16-11-5-2-6-12-16/h1-14H. The first-order chi connectivity index (χ1) is 11.3. The second kappa shape index (κ2) is 7.03. The second-order valence-electron chi connectivity index (χ2n) is 4.98. The zero-order chi connectivity index (χ0) is 16.1. The summed E-state index contributed by atoms with van der Waals surface area (Å²) in [5, 5.41) is 0.404.